The number of hydrogen-bond donors (Lipinski definition) is 2. The van der Waals surface area contributed by atoms with Gasteiger partial charge in [-0.25, -0.2) is 14.4 Å². The second kappa shape index (κ2) is 9.87. The van der Waals surface area contributed by atoms with Crippen LogP contribution in [-0.4, -0.2) is 65.2 Å². The summed E-state index contributed by atoms with van der Waals surface area (Å²) in [5.74, 6) is 1.04. The van der Waals surface area contributed by atoms with Crippen molar-refractivity contribution in [2.45, 2.75) is 44.1 Å². The molecule has 182 valence electrons. The van der Waals surface area contributed by atoms with Gasteiger partial charge >= 0.3 is 0 Å². The third-order valence-electron chi connectivity index (χ3n) is 7.29. The van der Waals surface area contributed by atoms with E-state index in [2.05, 4.69) is 43.0 Å². The van der Waals surface area contributed by atoms with E-state index >= 15 is 0 Å². The van der Waals surface area contributed by atoms with Gasteiger partial charge < -0.3 is 20.2 Å². The van der Waals surface area contributed by atoms with E-state index in [-0.39, 0.29) is 17.6 Å². The van der Waals surface area contributed by atoms with Crippen molar-refractivity contribution in [2.24, 2.45) is 5.92 Å². The zero-order valence-corrected chi connectivity index (χ0v) is 21.0. The van der Waals surface area contributed by atoms with E-state index < -0.39 is 12.0 Å². The highest BCUT2D eigenvalue weighted by Gasteiger charge is 2.35. The van der Waals surface area contributed by atoms with Crippen molar-refractivity contribution in [3.8, 4) is 0 Å². The smallest absolute Gasteiger partial charge is 0.231 e. The minimum Gasteiger partial charge on any atom is -0.387 e. The maximum absolute atomic E-state index is 14.3. The minimum absolute atomic E-state index is 0.0291. The lowest BCUT2D eigenvalue weighted by molar-refractivity contribution is -0.133. The van der Waals surface area contributed by atoms with Gasteiger partial charge in [0.15, 0.2) is 0 Å². The number of nitrogens with zero attached hydrogens (tertiary/aromatic N) is 4. The summed E-state index contributed by atoms with van der Waals surface area (Å²) in [6.45, 7) is 5.98. The van der Waals surface area contributed by atoms with Gasteiger partial charge in [-0.2, -0.15) is 0 Å². The van der Waals surface area contributed by atoms with E-state index in [0.717, 1.165) is 23.6 Å². The second-order valence-electron chi connectivity index (χ2n) is 9.79. The largest absolute Gasteiger partial charge is 0.387 e. The molecule has 3 atom stereocenters. The van der Waals surface area contributed by atoms with E-state index in [1.807, 2.05) is 11.0 Å². The standard InChI is InChI=1S/C25H31BrFN5O2/c1-15-10-21(33)23-22(15)24(30-14-29-23)31-6-8-32(9-7-31)25(34)18(13-28-12-16-2-3-16)17-4-5-19(26)20(27)11-17/h4-5,11,14-16,18,21,28,33H,2-3,6-10,12-13H2,1H3/t15?,18-,21?/m1/s1. The van der Waals surface area contributed by atoms with Gasteiger partial charge in [-0.3, -0.25) is 4.79 Å². The average molecular weight is 532 g/mol. The summed E-state index contributed by atoms with van der Waals surface area (Å²) in [6.07, 6.45) is 4.13. The quantitative estimate of drug-likeness (QED) is 0.570. The Kier molecular flexibility index (Phi) is 6.86. The van der Waals surface area contributed by atoms with Crippen LogP contribution in [0.5, 0.6) is 0 Å². The molecule has 34 heavy (non-hydrogen) atoms. The van der Waals surface area contributed by atoms with Crippen LogP contribution >= 0.6 is 15.9 Å². The summed E-state index contributed by atoms with van der Waals surface area (Å²) >= 11 is 3.21. The molecule has 0 bridgehead atoms. The maximum atomic E-state index is 14.3. The molecule has 7 nitrogen and oxygen atoms in total. The van der Waals surface area contributed by atoms with Crippen molar-refractivity contribution in [1.82, 2.24) is 20.2 Å². The Hall–Kier alpha value is -2.10. The lowest BCUT2D eigenvalue weighted by Crippen LogP contribution is -2.51. The van der Waals surface area contributed by atoms with Gasteiger partial charge in [-0.05, 0) is 71.3 Å². The van der Waals surface area contributed by atoms with Crippen LogP contribution in [0.4, 0.5) is 10.2 Å². The molecule has 0 radical (unpaired) electrons. The normalized spacial score (nSPS) is 23.2. The molecule has 2 unspecified atom stereocenters. The van der Waals surface area contributed by atoms with Crippen LogP contribution in [0.25, 0.3) is 0 Å². The van der Waals surface area contributed by atoms with E-state index in [1.54, 1.807) is 6.07 Å². The van der Waals surface area contributed by atoms with E-state index in [1.165, 1.54) is 25.2 Å². The molecule has 2 aromatic rings. The monoisotopic (exact) mass is 531 g/mol. The molecular formula is C25H31BrFN5O2. The number of aromatic nitrogens is 2. The molecule has 9 heteroatoms. The SMILES string of the molecule is CC1CC(O)c2ncnc(N3CCN(C(=O)[C@H](CNCC4CC4)c4ccc(Br)c(F)c4)CC3)c21. The van der Waals surface area contributed by atoms with Crippen molar-refractivity contribution in [3.63, 3.8) is 0 Å². The summed E-state index contributed by atoms with van der Waals surface area (Å²) < 4.78 is 14.7. The van der Waals surface area contributed by atoms with Gasteiger partial charge in [0.25, 0.3) is 0 Å². The summed E-state index contributed by atoms with van der Waals surface area (Å²) in [4.78, 5) is 26.5. The van der Waals surface area contributed by atoms with Crippen molar-refractivity contribution in [3.05, 3.63) is 51.6 Å². The van der Waals surface area contributed by atoms with Gasteiger partial charge in [-0.15, -0.1) is 0 Å². The van der Waals surface area contributed by atoms with Crippen LogP contribution in [0.3, 0.4) is 0 Å². The summed E-state index contributed by atoms with van der Waals surface area (Å²) in [7, 11) is 0. The Morgan fingerprint density at radius 1 is 1.26 bits per heavy atom. The molecule has 0 spiro atoms. The van der Waals surface area contributed by atoms with Gasteiger partial charge in [0.05, 0.1) is 22.2 Å². The Labute approximate surface area is 207 Å². The Balaban J connectivity index is 1.28. The molecule has 2 N–H and O–H groups in total. The van der Waals surface area contributed by atoms with Crippen LogP contribution in [0, 0.1) is 11.7 Å². The van der Waals surface area contributed by atoms with Crippen LogP contribution in [0.15, 0.2) is 29.0 Å². The number of amides is 1. The van der Waals surface area contributed by atoms with Gasteiger partial charge in [0.1, 0.15) is 18.0 Å². The number of anilines is 1. The fraction of sp³-hybridized carbons (Fsp3) is 0.560. The number of carbonyl (C=O) groups excluding carboxylic acids is 1. The number of carbonyl (C=O) groups is 1. The molecule has 1 amide bonds. The minimum atomic E-state index is -0.537. The first-order valence-electron chi connectivity index (χ1n) is 12.1. The Bertz CT molecular complexity index is 1060. The molecule has 1 aromatic heterocycles. The number of rotatable bonds is 7. The third kappa shape index (κ3) is 4.83. The molecule has 2 heterocycles. The number of aliphatic hydroxyl groups excluding tert-OH is 1. The van der Waals surface area contributed by atoms with Gasteiger partial charge in [0, 0.05) is 38.3 Å². The third-order valence-corrected chi connectivity index (χ3v) is 7.94. The van der Waals surface area contributed by atoms with Crippen molar-refractivity contribution in [2.75, 3.05) is 44.2 Å². The van der Waals surface area contributed by atoms with E-state index in [4.69, 9.17) is 0 Å². The van der Waals surface area contributed by atoms with Crippen molar-refractivity contribution >= 4 is 27.7 Å². The first kappa shape index (κ1) is 23.6. The zero-order chi connectivity index (χ0) is 23.8. The van der Waals surface area contributed by atoms with Crippen LogP contribution in [0.1, 0.15) is 60.9 Å². The first-order chi connectivity index (χ1) is 16.4. The highest BCUT2D eigenvalue weighted by atomic mass is 79.9. The molecule has 3 aliphatic rings. The van der Waals surface area contributed by atoms with Gasteiger partial charge in [-0.1, -0.05) is 13.0 Å². The zero-order valence-electron chi connectivity index (χ0n) is 19.4. The summed E-state index contributed by atoms with van der Waals surface area (Å²) in [5, 5.41) is 13.7. The highest BCUT2D eigenvalue weighted by molar-refractivity contribution is 9.10. The molecule has 1 saturated heterocycles. The average Bonchev–Trinajstić information content (AvgIpc) is 3.62. The predicted molar refractivity (Wildman–Crippen MR) is 131 cm³/mol. The number of piperazine rings is 1. The lowest BCUT2D eigenvalue weighted by atomic mass is 9.96. The van der Waals surface area contributed by atoms with Crippen molar-refractivity contribution < 1.29 is 14.3 Å². The Morgan fingerprint density at radius 3 is 2.74 bits per heavy atom. The second-order valence-corrected chi connectivity index (χ2v) is 10.6. The van der Waals surface area contributed by atoms with Crippen LogP contribution < -0.4 is 10.2 Å². The molecule has 5 rings (SSSR count). The molecule has 2 aliphatic carbocycles. The molecule has 1 aromatic carbocycles. The van der Waals surface area contributed by atoms with E-state index in [9.17, 15) is 14.3 Å². The molecular weight excluding hydrogens is 501 g/mol. The number of benzene rings is 1. The summed E-state index contributed by atoms with van der Waals surface area (Å²) in [5.41, 5.74) is 2.46. The van der Waals surface area contributed by atoms with Crippen LogP contribution in [-0.2, 0) is 4.79 Å². The fourth-order valence-corrected chi connectivity index (χ4v) is 5.39. The van der Waals surface area contributed by atoms with Gasteiger partial charge in [0.2, 0.25) is 5.91 Å². The van der Waals surface area contributed by atoms with E-state index in [0.29, 0.717) is 55.1 Å². The predicted octanol–water partition coefficient (Wildman–Crippen LogP) is 3.35. The molecule has 2 fully saturated rings. The number of hydrogen-bond acceptors (Lipinski definition) is 6. The number of fused-ring (bicyclic) bond motifs is 1. The topological polar surface area (TPSA) is 81.6 Å². The van der Waals surface area contributed by atoms with Crippen LogP contribution in [0.2, 0.25) is 0 Å². The molecule has 1 saturated carbocycles. The van der Waals surface area contributed by atoms with Crippen molar-refractivity contribution in [1.29, 1.82) is 0 Å². The summed E-state index contributed by atoms with van der Waals surface area (Å²) in [6, 6.07) is 4.98. The lowest BCUT2D eigenvalue weighted by Gasteiger charge is -2.38. The number of nitrogens with one attached hydrogen (secondary N) is 1. The Morgan fingerprint density at radius 2 is 2.03 bits per heavy atom. The maximum Gasteiger partial charge on any atom is 0.231 e. The number of halogens is 2. The first-order valence-corrected chi connectivity index (χ1v) is 12.9. The number of aliphatic hydroxyl groups is 1. The molecule has 1 aliphatic heterocycles. The fourth-order valence-electron chi connectivity index (χ4n) is 5.14. The highest BCUT2D eigenvalue weighted by Crippen LogP contribution is 2.42.